The molecule has 0 bridgehead atoms. The molecule has 3 heterocycles. The van der Waals surface area contributed by atoms with Crippen LogP contribution in [0.5, 0.6) is 0 Å². The first kappa shape index (κ1) is 18.2. The maximum Gasteiger partial charge on any atom is 0.183 e. The lowest BCUT2D eigenvalue weighted by molar-refractivity contribution is -0.119. The van der Waals surface area contributed by atoms with E-state index in [0.717, 1.165) is 11.6 Å². The number of ketones is 1. The molecular weight excluding hydrogens is 359 g/mol. The summed E-state index contributed by atoms with van der Waals surface area (Å²) in [7, 11) is 0. The number of carbonyl (C=O) groups is 1. The summed E-state index contributed by atoms with van der Waals surface area (Å²) < 4.78 is 14.1. The van der Waals surface area contributed by atoms with E-state index >= 15 is 0 Å². The van der Waals surface area contributed by atoms with Crippen molar-refractivity contribution in [3.63, 3.8) is 0 Å². The number of rotatable bonds is 7. The van der Waals surface area contributed by atoms with Crippen LogP contribution in [0.2, 0.25) is 5.02 Å². The average Bonchev–Trinajstić information content (AvgIpc) is 3.04. The van der Waals surface area contributed by atoms with Crippen molar-refractivity contribution in [2.24, 2.45) is 5.73 Å². The van der Waals surface area contributed by atoms with Gasteiger partial charge in [-0.2, -0.15) is 0 Å². The standard InChI is InChI=1S/C17H18ClFN6O/c1-9(14(26)3-2-4-20)24-17-13(19)8-23-16(25-17)12-7-22-15-11(12)5-10(18)6-21-15/h5-9H,2-4,20H2,1H3,(H,21,22)(H,23,24,25)/t9-/m0/s1. The second-order valence-electron chi connectivity index (χ2n) is 5.87. The molecule has 0 saturated heterocycles. The van der Waals surface area contributed by atoms with Gasteiger partial charge >= 0.3 is 0 Å². The zero-order valence-corrected chi connectivity index (χ0v) is 14.8. The van der Waals surface area contributed by atoms with E-state index in [4.69, 9.17) is 17.3 Å². The first-order chi connectivity index (χ1) is 12.5. The van der Waals surface area contributed by atoms with Crippen molar-refractivity contribution in [1.29, 1.82) is 0 Å². The van der Waals surface area contributed by atoms with E-state index in [1.54, 1.807) is 19.2 Å². The maximum atomic E-state index is 14.1. The molecule has 7 nitrogen and oxygen atoms in total. The van der Waals surface area contributed by atoms with Gasteiger partial charge in [0.1, 0.15) is 5.65 Å². The lowest BCUT2D eigenvalue weighted by Crippen LogP contribution is -2.27. The Morgan fingerprint density at radius 3 is 3.00 bits per heavy atom. The van der Waals surface area contributed by atoms with Gasteiger partial charge in [-0.3, -0.25) is 4.79 Å². The normalized spacial score (nSPS) is 12.3. The zero-order valence-electron chi connectivity index (χ0n) is 14.1. The SMILES string of the molecule is C[C@H](Nc1nc(-c2c[nH]c3ncc(Cl)cc23)ncc1F)C(=O)CCCN. The van der Waals surface area contributed by atoms with Gasteiger partial charge in [0.25, 0.3) is 0 Å². The summed E-state index contributed by atoms with van der Waals surface area (Å²) in [6.07, 6.45) is 5.19. The molecule has 0 spiro atoms. The minimum atomic E-state index is -0.636. The fourth-order valence-corrected chi connectivity index (χ4v) is 2.70. The van der Waals surface area contributed by atoms with Crippen molar-refractivity contribution in [3.8, 4) is 11.4 Å². The first-order valence-electron chi connectivity index (χ1n) is 8.14. The number of Topliss-reactive ketones (excluding diaryl/α,β-unsaturated/α-hetero) is 1. The number of hydrogen-bond acceptors (Lipinski definition) is 6. The van der Waals surface area contributed by atoms with Gasteiger partial charge in [-0.15, -0.1) is 0 Å². The lowest BCUT2D eigenvalue weighted by atomic mass is 10.1. The molecule has 9 heteroatoms. The van der Waals surface area contributed by atoms with Crippen molar-refractivity contribution < 1.29 is 9.18 Å². The monoisotopic (exact) mass is 376 g/mol. The van der Waals surface area contributed by atoms with Crippen LogP contribution in [0.4, 0.5) is 10.2 Å². The summed E-state index contributed by atoms with van der Waals surface area (Å²) in [5, 5.41) is 4.01. The molecule has 3 rings (SSSR count). The Hall–Kier alpha value is -2.58. The molecule has 1 atom stereocenters. The van der Waals surface area contributed by atoms with Crippen LogP contribution in [0.25, 0.3) is 22.4 Å². The van der Waals surface area contributed by atoms with E-state index in [2.05, 4.69) is 25.3 Å². The van der Waals surface area contributed by atoms with Crippen LogP contribution >= 0.6 is 11.6 Å². The predicted molar refractivity (Wildman–Crippen MR) is 98.5 cm³/mol. The highest BCUT2D eigenvalue weighted by Gasteiger charge is 2.17. The molecule has 0 amide bonds. The molecule has 136 valence electrons. The van der Waals surface area contributed by atoms with Gasteiger partial charge in [0.05, 0.1) is 17.3 Å². The molecule has 4 N–H and O–H groups in total. The highest BCUT2D eigenvalue weighted by molar-refractivity contribution is 6.31. The topological polar surface area (TPSA) is 110 Å². The average molecular weight is 377 g/mol. The van der Waals surface area contributed by atoms with Crippen LogP contribution in [-0.2, 0) is 4.79 Å². The van der Waals surface area contributed by atoms with Gasteiger partial charge in [-0.05, 0) is 26.0 Å². The first-order valence-corrected chi connectivity index (χ1v) is 8.52. The molecule has 26 heavy (non-hydrogen) atoms. The lowest BCUT2D eigenvalue weighted by Gasteiger charge is -2.14. The molecule has 0 aliphatic rings. The fraction of sp³-hybridized carbons (Fsp3) is 0.294. The summed E-state index contributed by atoms with van der Waals surface area (Å²) in [5.74, 6) is -0.430. The molecule has 0 unspecified atom stereocenters. The van der Waals surface area contributed by atoms with E-state index in [-0.39, 0.29) is 11.6 Å². The number of nitrogens with two attached hydrogens (primary N) is 1. The number of fused-ring (bicyclic) bond motifs is 1. The molecule has 3 aromatic heterocycles. The Labute approximate surface area is 154 Å². The smallest absolute Gasteiger partial charge is 0.183 e. The number of nitrogens with zero attached hydrogens (tertiary/aromatic N) is 3. The summed E-state index contributed by atoms with van der Waals surface area (Å²) in [4.78, 5) is 27.5. The Morgan fingerprint density at radius 1 is 1.42 bits per heavy atom. The number of aromatic amines is 1. The minimum Gasteiger partial charge on any atom is -0.358 e. The minimum absolute atomic E-state index is 0.0343. The van der Waals surface area contributed by atoms with Gasteiger partial charge in [0, 0.05) is 29.8 Å². The Balaban J connectivity index is 1.90. The van der Waals surface area contributed by atoms with Crippen LogP contribution in [0, 0.1) is 5.82 Å². The predicted octanol–water partition coefficient (Wildman–Crippen LogP) is 2.92. The summed E-state index contributed by atoms with van der Waals surface area (Å²) in [6, 6.07) is 1.15. The number of hydrogen-bond donors (Lipinski definition) is 3. The van der Waals surface area contributed by atoms with Gasteiger partial charge in [-0.25, -0.2) is 19.3 Å². The number of aromatic nitrogens is 4. The molecule has 0 fully saturated rings. The number of halogens is 2. The second-order valence-corrected chi connectivity index (χ2v) is 6.30. The molecule has 0 aliphatic heterocycles. The zero-order chi connectivity index (χ0) is 18.7. The summed E-state index contributed by atoms with van der Waals surface area (Å²) in [5.41, 5.74) is 6.67. The van der Waals surface area contributed by atoms with Crippen molar-refractivity contribution >= 4 is 34.2 Å². The third-order valence-electron chi connectivity index (χ3n) is 3.95. The maximum absolute atomic E-state index is 14.1. The third-order valence-corrected chi connectivity index (χ3v) is 4.15. The molecular formula is C17H18ClFN6O. The number of nitrogens with one attached hydrogen (secondary N) is 2. The van der Waals surface area contributed by atoms with E-state index in [1.807, 2.05) is 0 Å². The van der Waals surface area contributed by atoms with Crippen molar-refractivity contribution in [2.75, 3.05) is 11.9 Å². The molecule has 0 aliphatic carbocycles. The van der Waals surface area contributed by atoms with Crippen LogP contribution < -0.4 is 11.1 Å². The van der Waals surface area contributed by atoms with E-state index in [0.29, 0.717) is 41.4 Å². The number of anilines is 1. The summed E-state index contributed by atoms with van der Waals surface area (Å²) >= 11 is 6.00. The number of pyridine rings is 1. The second kappa shape index (κ2) is 7.76. The Kier molecular flexibility index (Phi) is 5.43. The van der Waals surface area contributed by atoms with Gasteiger partial charge in [-0.1, -0.05) is 11.6 Å². The quantitative estimate of drug-likeness (QED) is 0.584. The van der Waals surface area contributed by atoms with Crippen LogP contribution in [0.3, 0.4) is 0 Å². The van der Waals surface area contributed by atoms with Crippen molar-refractivity contribution in [2.45, 2.75) is 25.8 Å². The third kappa shape index (κ3) is 3.81. The van der Waals surface area contributed by atoms with Crippen molar-refractivity contribution in [3.05, 3.63) is 35.5 Å². The largest absolute Gasteiger partial charge is 0.358 e. The molecule has 0 radical (unpaired) electrons. The molecule has 0 saturated carbocycles. The molecule has 3 aromatic rings. The van der Waals surface area contributed by atoms with E-state index in [1.165, 1.54) is 6.20 Å². The van der Waals surface area contributed by atoms with Crippen LogP contribution in [0.15, 0.2) is 24.7 Å². The number of carbonyl (C=O) groups excluding carboxylic acids is 1. The molecule has 0 aromatic carbocycles. The Morgan fingerprint density at radius 2 is 2.23 bits per heavy atom. The van der Waals surface area contributed by atoms with Crippen LogP contribution in [-0.4, -0.2) is 38.3 Å². The van der Waals surface area contributed by atoms with Gasteiger partial charge in [0.2, 0.25) is 0 Å². The number of H-pyrrole nitrogens is 1. The highest BCUT2D eigenvalue weighted by atomic mass is 35.5. The van der Waals surface area contributed by atoms with Gasteiger partial charge < -0.3 is 16.0 Å². The highest BCUT2D eigenvalue weighted by Crippen LogP contribution is 2.28. The fourth-order valence-electron chi connectivity index (χ4n) is 2.54. The van der Waals surface area contributed by atoms with Crippen molar-refractivity contribution in [1.82, 2.24) is 19.9 Å². The Bertz CT molecular complexity index is 944. The van der Waals surface area contributed by atoms with E-state index in [9.17, 15) is 9.18 Å². The summed E-state index contributed by atoms with van der Waals surface area (Å²) in [6.45, 7) is 2.09. The van der Waals surface area contributed by atoms with Gasteiger partial charge in [0.15, 0.2) is 23.2 Å². The van der Waals surface area contributed by atoms with E-state index < -0.39 is 11.9 Å². The van der Waals surface area contributed by atoms with Crippen LogP contribution in [0.1, 0.15) is 19.8 Å².